The fourth-order valence-corrected chi connectivity index (χ4v) is 3.08. The molecule has 0 bridgehead atoms. The van der Waals surface area contributed by atoms with Crippen LogP contribution in [0.25, 0.3) is 0 Å². The summed E-state index contributed by atoms with van der Waals surface area (Å²) >= 11 is 0. The number of aromatic nitrogens is 2. The molecule has 1 atom stereocenters. The first kappa shape index (κ1) is 18.8. The number of nitrogens with zero attached hydrogens (tertiary/aromatic N) is 5. The summed E-state index contributed by atoms with van der Waals surface area (Å²) in [7, 11) is 0. The molecule has 9 heteroatoms. The number of hydrogen-bond acceptors (Lipinski definition) is 7. The van der Waals surface area contributed by atoms with Gasteiger partial charge >= 0.3 is 5.69 Å². The van der Waals surface area contributed by atoms with E-state index in [1.807, 2.05) is 23.6 Å². The highest BCUT2D eigenvalue weighted by atomic mass is 19.1. The Kier molecular flexibility index (Phi) is 5.68. The Morgan fingerprint density at radius 1 is 1.22 bits per heavy atom. The SMILES string of the molecule is CCC(C)Nc1ncnc(N2CCN(c3ccccc3F)CC2)c1[N+](=O)[O-]. The summed E-state index contributed by atoms with van der Waals surface area (Å²) in [5.74, 6) is 0.267. The number of benzene rings is 1. The molecule has 1 aliphatic heterocycles. The van der Waals surface area contributed by atoms with Gasteiger partial charge in [-0.1, -0.05) is 19.1 Å². The molecule has 1 aliphatic rings. The highest BCUT2D eigenvalue weighted by Crippen LogP contribution is 2.33. The van der Waals surface area contributed by atoms with E-state index in [2.05, 4.69) is 15.3 Å². The lowest BCUT2D eigenvalue weighted by atomic mass is 10.2. The lowest BCUT2D eigenvalue weighted by molar-refractivity contribution is -0.383. The zero-order chi connectivity index (χ0) is 19.4. The van der Waals surface area contributed by atoms with Crippen LogP contribution in [-0.4, -0.2) is 47.1 Å². The standard InChI is InChI=1S/C18H23FN6O2/c1-3-13(2)22-17-16(25(26)27)18(21-12-20-17)24-10-8-23(9-11-24)15-7-5-4-6-14(15)19/h4-7,12-13H,3,8-11H2,1-2H3,(H,20,21,22). The van der Waals surface area contributed by atoms with Gasteiger partial charge in [-0.15, -0.1) is 0 Å². The van der Waals surface area contributed by atoms with Gasteiger partial charge in [0.25, 0.3) is 0 Å². The van der Waals surface area contributed by atoms with Crippen molar-refractivity contribution in [1.82, 2.24) is 9.97 Å². The first-order valence-corrected chi connectivity index (χ1v) is 9.01. The molecule has 1 aromatic carbocycles. The molecular weight excluding hydrogens is 351 g/mol. The topological polar surface area (TPSA) is 87.4 Å². The molecule has 144 valence electrons. The zero-order valence-corrected chi connectivity index (χ0v) is 15.4. The summed E-state index contributed by atoms with van der Waals surface area (Å²) in [6, 6.07) is 6.69. The highest BCUT2D eigenvalue weighted by molar-refractivity contribution is 5.71. The average molecular weight is 374 g/mol. The summed E-state index contributed by atoms with van der Waals surface area (Å²) in [6.07, 6.45) is 2.16. The first-order valence-electron chi connectivity index (χ1n) is 9.01. The van der Waals surface area contributed by atoms with Gasteiger partial charge < -0.3 is 15.1 Å². The van der Waals surface area contributed by atoms with Crippen molar-refractivity contribution in [2.75, 3.05) is 41.3 Å². The highest BCUT2D eigenvalue weighted by Gasteiger charge is 2.30. The van der Waals surface area contributed by atoms with Crippen molar-refractivity contribution in [3.8, 4) is 0 Å². The van der Waals surface area contributed by atoms with E-state index in [1.165, 1.54) is 12.4 Å². The third kappa shape index (κ3) is 4.07. The second kappa shape index (κ2) is 8.15. The Labute approximate surface area is 157 Å². The maximum Gasteiger partial charge on any atom is 0.353 e. The number of hydrogen-bond donors (Lipinski definition) is 1. The van der Waals surface area contributed by atoms with E-state index < -0.39 is 4.92 Å². The molecule has 0 aliphatic carbocycles. The van der Waals surface area contributed by atoms with Crippen molar-refractivity contribution in [3.05, 3.63) is 46.5 Å². The number of piperazine rings is 1. The molecular formula is C18H23FN6O2. The molecule has 0 amide bonds. The summed E-state index contributed by atoms with van der Waals surface area (Å²) in [5, 5.41) is 14.8. The van der Waals surface area contributed by atoms with Crippen molar-refractivity contribution in [3.63, 3.8) is 0 Å². The zero-order valence-electron chi connectivity index (χ0n) is 15.4. The largest absolute Gasteiger partial charge is 0.366 e. The van der Waals surface area contributed by atoms with Crippen molar-refractivity contribution in [2.24, 2.45) is 0 Å². The van der Waals surface area contributed by atoms with Crippen LogP contribution in [0.1, 0.15) is 20.3 Å². The minimum Gasteiger partial charge on any atom is -0.366 e. The fourth-order valence-electron chi connectivity index (χ4n) is 3.08. The van der Waals surface area contributed by atoms with Gasteiger partial charge in [-0.05, 0) is 25.5 Å². The number of para-hydroxylation sites is 1. The average Bonchev–Trinajstić information content (AvgIpc) is 2.68. The number of nitro groups is 1. The number of anilines is 3. The quantitative estimate of drug-likeness (QED) is 0.614. The Balaban J connectivity index is 1.80. The number of rotatable bonds is 6. The second-order valence-electron chi connectivity index (χ2n) is 6.53. The number of halogens is 1. The molecule has 8 nitrogen and oxygen atoms in total. The van der Waals surface area contributed by atoms with E-state index in [4.69, 9.17) is 0 Å². The molecule has 2 heterocycles. The van der Waals surface area contributed by atoms with Crippen molar-refractivity contribution in [1.29, 1.82) is 0 Å². The van der Waals surface area contributed by atoms with Gasteiger partial charge in [0, 0.05) is 32.2 Å². The van der Waals surface area contributed by atoms with Crippen molar-refractivity contribution < 1.29 is 9.31 Å². The Morgan fingerprint density at radius 2 is 1.89 bits per heavy atom. The molecule has 27 heavy (non-hydrogen) atoms. The van der Waals surface area contributed by atoms with E-state index >= 15 is 0 Å². The minimum absolute atomic E-state index is 0.0596. The minimum atomic E-state index is -0.441. The Hall–Kier alpha value is -2.97. The van der Waals surface area contributed by atoms with Crippen LogP contribution in [0, 0.1) is 15.9 Å². The smallest absolute Gasteiger partial charge is 0.353 e. The Bertz CT molecular complexity index is 810. The van der Waals surface area contributed by atoms with Gasteiger partial charge in [-0.3, -0.25) is 10.1 Å². The van der Waals surface area contributed by atoms with Gasteiger partial charge in [0.15, 0.2) is 0 Å². The van der Waals surface area contributed by atoms with Crippen LogP contribution in [0.15, 0.2) is 30.6 Å². The third-order valence-electron chi connectivity index (χ3n) is 4.75. The fraction of sp³-hybridized carbons (Fsp3) is 0.444. The molecule has 0 radical (unpaired) electrons. The van der Waals surface area contributed by atoms with E-state index in [0.717, 1.165) is 6.42 Å². The van der Waals surface area contributed by atoms with E-state index in [1.54, 1.807) is 18.2 Å². The van der Waals surface area contributed by atoms with Crippen LogP contribution in [-0.2, 0) is 0 Å². The van der Waals surface area contributed by atoms with Gasteiger partial charge in [0.1, 0.15) is 12.1 Å². The molecule has 1 unspecified atom stereocenters. The van der Waals surface area contributed by atoms with Crippen LogP contribution >= 0.6 is 0 Å². The molecule has 1 N–H and O–H groups in total. The lowest BCUT2D eigenvalue weighted by Gasteiger charge is -2.36. The van der Waals surface area contributed by atoms with E-state index in [-0.39, 0.29) is 23.4 Å². The van der Waals surface area contributed by atoms with Crippen LogP contribution in [0.5, 0.6) is 0 Å². The first-order chi connectivity index (χ1) is 13.0. The maximum atomic E-state index is 14.0. The van der Waals surface area contributed by atoms with Crippen LogP contribution in [0.2, 0.25) is 0 Å². The summed E-state index contributed by atoms with van der Waals surface area (Å²) in [6.45, 7) is 6.06. The lowest BCUT2D eigenvalue weighted by Crippen LogP contribution is -2.47. The van der Waals surface area contributed by atoms with E-state index in [9.17, 15) is 14.5 Å². The predicted molar refractivity (Wildman–Crippen MR) is 103 cm³/mol. The van der Waals surface area contributed by atoms with Gasteiger partial charge in [0.2, 0.25) is 11.6 Å². The predicted octanol–water partition coefficient (Wildman–Crippen LogP) is 3.06. The molecule has 1 aromatic heterocycles. The van der Waals surface area contributed by atoms with Crippen LogP contribution in [0.4, 0.5) is 27.4 Å². The van der Waals surface area contributed by atoms with Crippen LogP contribution in [0.3, 0.4) is 0 Å². The monoisotopic (exact) mass is 374 g/mol. The third-order valence-corrected chi connectivity index (χ3v) is 4.75. The molecule has 1 fully saturated rings. The Morgan fingerprint density at radius 3 is 2.52 bits per heavy atom. The molecule has 0 spiro atoms. The molecule has 1 saturated heterocycles. The second-order valence-corrected chi connectivity index (χ2v) is 6.53. The summed E-state index contributed by atoms with van der Waals surface area (Å²) in [5.41, 5.74) is 0.436. The van der Waals surface area contributed by atoms with Gasteiger partial charge in [0.05, 0.1) is 10.6 Å². The number of nitrogens with one attached hydrogen (secondary N) is 1. The molecule has 3 rings (SSSR count). The van der Waals surface area contributed by atoms with Crippen molar-refractivity contribution in [2.45, 2.75) is 26.3 Å². The van der Waals surface area contributed by atoms with Crippen molar-refractivity contribution >= 4 is 23.0 Å². The van der Waals surface area contributed by atoms with Gasteiger partial charge in [-0.2, -0.15) is 0 Å². The van der Waals surface area contributed by atoms with Crippen LogP contribution < -0.4 is 15.1 Å². The molecule has 2 aromatic rings. The summed E-state index contributed by atoms with van der Waals surface area (Å²) in [4.78, 5) is 23.3. The maximum absolute atomic E-state index is 14.0. The van der Waals surface area contributed by atoms with E-state index in [0.29, 0.717) is 37.7 Å². The molecule has 0 saturated carbocycles. The van der Waals surface area contributed by atoms with Gasteiger partial charge in [-0.25, -0.2) is 14.4 Å². The normalized spacial score (nSPS) is 15.5. The summed E-state index contributed by atoms with van der Waals surface area (Å²) < 4.78 is 14.0.